The molecule has 19 heavy (non-hydrogen) atoms. The van der Waals surface area contributed by atoms with E-state index in [0.29, 0.717) is 12.0 Å². The zero-order valence-electron chi connectivity index (χ0n) is 10.8. The molecule has 1 saturated carbocycles. The van der Waals surface area contributed by atoms with Crippen molar-refractivity contribution < 1.29 is 0 Å². The lowest BCUT2D eigenvalue weighted by atomic mass is 9.86. The molecular weight excluding hydrogens is 302 g/mol. The van der Waals surface area contributed by atoms with Gasteiger partial charge in [0.25, 0.3) is 0 Å². The van der Waals surface area contributed by atoms with Crippen molar-refractivity contribution in [3.05, 3.63) is 40.8 Å². The fourth-order valence-corrected chi connectivity index (χ4v) is 3.06. The summed E-state index contributed by atoms with van der Waals surface area (Å²) in [7, 11) is 0. The number of halogens is 1. The smallest absolute Gasteiger partial charge is 0.109 e. The van der Waals surface area contributed by atoms with Crippen molar-refractivity contribution in [1.82, 2.24) is 9.97 Å². The molecule has 4 heteroatoms. The first kappa shape index (κ1) is 12.9. The summed E-state index contributed by atoms with van der Waals surface area (Å²) in [5.74, 6) is 1.58. The van der Waals surface area contributed by atoms with Gasteiger partial charge in [-0.2, -0.15) is 0 Å². The van der Waals surface area contributed by atoms with E-state index in [2.05, 4.69) is 38.0 Å². The van der Waals surface area contributed by atoms with E-state index in [1.54, 1.807) is 0 Å². The second-order valence-electron chi connectivity index (χ2n) is 5.31. The second-order valence-corrected chi connectivity index (χ2v) is 6.23. The molecule has 0 saturated heterocycles. The Morgan fingerprint density at radius 1 is 1.21 bits per heavy atom. The zero-order valence-corrected chi connectivity index (χ0v) is 12.4. The van der Waals surface area contributed by atoms with E-state index in [1.807, 2.05) is 18.3 Å². The van der Waals surface area contributed by atoms with E-state index < -0.39 is 0 Å². The summed E-state index contributed by atoms with van der Waals surface area (Å²) in [6.45, 7) is 0. The summed E-state index contributed by atoms with van der Waals surface area (Å²) in [5, 5.41) is 0. The van der Waals surface area contributed by atoms with E-state index in [0.717, 1.165) is 28.8 Å². The standard InChI is InChI=1S/C15H18BrN3/c16-12-6-4-10(5-7-12)14-9-18-15(19-14)11-2-1-3-13(17)8-11/h4-7,9,11,13H,1-3,8,17H2,(H,18,19). The first-order valence-electron chi connectivity index (χ1n) is 6.79. The van der Waals surface area contributed by atoms with Gasteiger partial charge in [0.2, 0.25) is 0 Å². The Bertz CT molecular complexity index is 547. The molecule has 1 fully saturated rings. The molecule has 1 aliphatic carbocycles. The van der Waals surface area contributed by atoms with Crippen LogP contribution in [0.15, 0.2) is 34.9 Å². The fraction of sp³-hybridized carbons (Fsp3) is 0.400. The van der Waals surface area contributed by atoms with Crippen LogP contribution < -0.4 is 5.73 Å². The number of nitrogens with zero attached hydrogens (tertiary/aromatic N) is 1. The number of hydrogen-bond donors (Lipinski definition) is 2. The van der Waals surface area contributed by atoms with Gasteiger partial charge in [0, 0.05) is 16.4 Å². The molecule has 1 aromatic carbocycles. The van der Waals surface area contributed by atoms with Gasteiger partial charge in [0.15, 0.2) is 0 Å². The zero-order chi connectivity index (χ0) is 13.2. The van der Waals surface area contributed by atoms with Crippen molar-refractivity contribution >= 4 is 15.9 Å². The highest BCUT2D eigenvalue weighted by atomic mass is 79.9. The van der Waals surface area contributed by atoms with Crippen LogP contribution in [0.2, 0.25) is 0 Å². The van der Waals surface area contributed by atoms with Crippen LogP contribution in [0.25, 0.3) is 11.3 Å². The molecule has 100 valence electrons. The third-order valence-electron chi connectivity index (χ3n) is 3.85. The number of imidazole rings is 1. The molecule has 3 N–H and O–H groups in total. The van der Waals surface area contributed by atoms with Crippen LogP contribution in [0.4, 0.5) is 0 Å². The van der Waals surface area contributed by atoms with Gasteiger partial charge in [-0.25, -0.2) is 4.98 Å². The fourth-order valence-electron chi connectivity index (χ4n) is 2.80. The van der Waals surface area contributed by atoms with Gasteiger partial charge in [-0.1, -0.05) is 34.5 Å². The molecule has 3 nitrogen and oxygen atoms in total. The molecule has 0 radical (unpaired) electrons. The Morgan fingerprint density at radius 2 is 2.00 bits per heavy atom. The average Bonchev–Trinajstić information content (AvgIpc) is 2.89. The second kappa shape index (κ2) is 5.47. The molecule has 1 aromatic heterocycles. The Kier molecular flexibility index (Phi) is 3.71. The SMILES string of the molecule is NC1CCCC(c2ncc(-c3ccc(Br)cc3)[nH]2)C1. The highest BCUT2D eigenvalue weighted by molar-refractivity contribution is 9.10. The number of rotatable bonds is 2. The minimum Gasteiger partial charge on any atom is -0.342 e. The summed E-state index contributed by atoms with van der Waals surface area (Å²) >= 11 is 3.45. The summed E-state index contributed by atoms with van der Waals surface area (Å²) in [6.07, 6.45) is 6.53. The van der Waals surface area contributed by atoms with Gasteiger partial charge in [-0.15, -0.1) is 0 Å². The number of aromatic amines is 1. The summed E-state index contributed by atoms with van der Waals surface area (Å²) in [5.41, 5.74) is 8.30. The van der Waals surface area contributed by atoms with E-state index >= 15 is 0 Å². The average molecular weight is 320 g/mol. The third-order valence-corrected chi connectivity index (χ3v) is 4.38. The first-order valence-corrected chi connectivity index (χ1v) is 7.58. The van der Waals surface area contributed by atoms with Gasteiger partial charge >= 0.3 is 0 Å². The number of aromatic nitrogens is 2. The monoisotopic (exact) mass is 319 g/mol. The van der Waals surface area contributed by atoms with Crippen molar-refractivity contribution in [2.75, 3.05) is 0 Å². The van der Waals surface area contributed by atoms with Gasteiger partial charge in [-0.3, -0.25) is 0 Å². The topological polar surface area (TPSA) is 54.7 Å². The van der Waals surface area contributed by atoms with Crippen LogP contribution in [0.3, 0.4) is 0 Å². The van der Waals surface area contributed by atoms with Gasteiger partial charge in [0.1, 0.15) is 5.82 Å². The predicted molar refractivity (Wildman–Crippen MR) is 80.9 cm³/mol. The number of nitrogens with one attached hydrogen (secondary N) is 1. The molecule has 1 aliphatic rings. The molecule has 0 bridgehead atoms. The number of benzene rings is 1. The first-order chi connectivity index (χ1) is 9.22. The van der Waals surface area contributed by atoms with E-state index in [4.69, 9.17) is 5.73 Å². The Hall–Kier alpha value is -1.13. The molecule has 2 unspecified atom stereocenters. The third kappa shape index (κ3) is 2.90. The summed E-state index contributed by atoms with van der Waals surface area (Å²) < 4.78 is 1.09. The van der Waals surface area contributed by atoms with Gasteiger partial charge < -0.3 is 10.7 Å². The molecule has 3 rings (SSSR count). The molecule has 0 amide bonds. The van der Waals surface area contributed by atoms with Crippen LogP contribution in [0.1, 0.15) is 37.4 Å². The lowest BCUT2D eigenvalue weighted by Gasteiger charge is -2.24. The van der Waals surface area contributed by atoms with Crippen molar-refractivity contribution in [2.45, 2.75) is 37.6 Å². The number of H-pyrrole nitrogens is 1. The van der Waals surface area contributed by atoms with Crippen LogP contribution in [-0.2, 0) is 0 Å². The van der Waals surface area contributed by atoms with E-state index in [-0.39, 0.29) is 0 Å². The molecule has 2 aromatic rings. The number of hydrogen-bond acceptors (Lipinski definition) is 2. The Balaban J connectivity index is 1.81. The minimum absolute atomic E-state index is 0.333. The van der Waals surface area contributed by atoms with Gasteiger partial charge in [0.05, 0.1) is 11.9 Å². The van der Waals surface area contributed by atoms with Crippen LogP contribution in [0.5, 0.6) is 0 Å². The molecule has 2 atom stereocenters. The highest BCUT2D eigenvalue weighted by Crippen LogP contribution is 2.31. The summed E-state index contributed by atoms with van der Waals surface area (Å²) in [4.78, 5) is 8.01. The molecule has 0 aliphatic heterocycles. The number of nitrogens with two attached hydrogens (primary N) is 1. The quantitative estimate of drug-likeness (QED) is 0.884. The minimum atomic E-state index is 0.333. The Morgan fingerprint density at radius 3 is 2.74 bits per heavy atom. The maximum absolute atomic E-state index is 6.05. The van der Waals surface area contributed by atoms with Gasteiger partial charge in [-0.05, 0) is 37.0 Å². The molecular formula is C15H18BrN3. The highest BCUT2D eigenvalue weighted by Gasteiger charge is 2.23. The van der Waals surface area contributed by atoms with Crippen LogP contribution >= 0.6 is 15.9 Å². The van der Waals surface area contributed by atoms with Crippen molar-refractivity contribution in [3.63, 3.8) is 0 Å². The van der Waals surface area contributed by atoms with Crippen LogP contribution in [0, 0.1) is 0 Å². The van der Waals surface area contributed by atoms with E-state index in [9.17, 15) is 0 Å². The van der Waals surface area contributed by atoms with E-state index in [1.165, 1.54) is 18.4 Å². The maximum Gasteiger partial charge on any atom is 0.109 e. The Labute approximate surface area is 121 Å². The lowest BCUT2D eigenvalue weighted by Crippen LogP contribution is -2.27. The van der Waals surface area contributed by atoms with Crippen molar-refractivity contribution in [2.24, 2.45) is 5.73 Å². The normalized spacial score (nSPS) is 23.5. The molecule has 0 spiro atoms. The summed E-state index contributed by atoms with van der Waals surface area (Å²) in [6, 6.07) is 8.61. The van der Waals surface area contributed by atoms with Crippen molar-refractivity contribution in [3.8, 4) is 11.3 Å². The lowest BCUT2D eigenvalue weighted by molar-refractivity contribution is 0.383. The largest absolute Gasteiger partial charge is 0.342 e. The van der Waals surface area contributed by atoms with Crippen LogP contribution in [-0.4, -0.2) is 16.0 Å². The molecule has 1 heterocycles. The van der Waals surface area contributed by atoms with Crippen molar-refractivity contribution in [1.29, 1.82) is 0 Å². The maximum atomic E-state index is 6.05. The predicted octanol–water partition coefficient (Wildman–Crippen LogP) is 3.82.